The summed E-state index contributed by atoms with van der Waals surface area (Å²) >= 11 is 0. The van der Waals surface area contributed by atoms with Crippen LogP contribution in [0.1, 0.15) is 36.0 Å². The highest BCUT2D eigenvalue weighted by Gasteiger charge is 2.41. The molecule has 1 aromatic rings. The highest BCUT2D eigenvalue weighted by atomic mass is 16.6. The third-order valence-electron chi connectivity index (χ3n) is 4.50. The summed E-state index contributed by atoms with van der Waals surface area (Å²) < 4.78 is 16.6. The molecule has 2 fully saturated rings. The Hall–Kier alpha value is -1.59. The molecule has 2 aliphatic heterocycles. The predicted octanol–water partition coefficient (Wildman–Crippen LogP) is 2.15. The predicted molar refractivity (Wildman–Crippen MR) is 82.2 cm³/mol. The molecule has 0 aliphatic carbocycles. The summed E-state index contributed by atoms with van der Waals surface area (Å²) in [4.78, 5) is 12.0. The molecule has 3 rings (SSSR count). The van der Waals surface area contributed by atoms with E-state index in [2.05, 4.69) is 5.32 Å². The Morgan fingerprint density at radius 3 is 2.86 bits per heavy atom. The van der Waals surface area contributed by atoms with E-state index in [1.165, 1.54) is 0 Å². The molecule has 2 aliphatic rings. The molecule has 1 N–H and O–H groups in total. The first-order valence-corrected chi connectivity index (χ1v) is 7.90. The van der Waals surface area contributed by atoms with E-state index in [9.17, 15) is 4.79 Å². The van der Waals surface area contributed by atoms with Crippen molar-refractivity contribution in [3.05, 3.63) is 29.8 Å². The van der Waals surface area contributed by atoms with Gasteiger partial charge in [0.15, 0.2) is 0 Å². The Balaban J connectivity index is 1.49. The summed E-state index contributed by atoms with van der Waals surface area (Å²) in [5, 5.41) is 3.39. The van der Waals surface area contributed by atoms with Crippen molar-refractivity contribution in [2.45, 2.75) is 37.4 Å². The lowest BCUT2D eigenvalue weighted by atomic mass is 9.91. The number of rotatable bonds is 4. The number of ether oxygens (including phenoxy) is 3. The average molecular weight is 305 g/mol. The number of hydrogen-bond acceptors (Lipinski definition) is 5. The van der Waals surface area contributed by atoms with E-state index in [-0.39, 0.29) is 17.7 Å². The van der Waals surface area contributed by atoms with E-state index in [4.69, 9.17) is 14.2 Å². The number of esters is 1. The molecule has 22 heavy (non-hydrogen) atoms. The molecule has 5 nitrogen and oxygen atoms in total. The fourth-order valence-corrected chi connectivity index (χ4v) is 3.25. The Labute approximate surface area is 130 Å². The summed E-state index contributed by atoms with van der Waals surface area (Å²) in [7, 11) is 1.60. The van der Waals surface area contributed by atoms with Crippen molar-refractivity contribution < 1.29 is 19.0 Å². The van der Waals surface area contributed by atoms with Gasteiger partial charge in [-0.25, -0.2) is 4.79 Å². The minimum atomic E-state index is -0.311. The van der Waals surface area contributed by atoms with Crippen LogP contribution in [0.3, 0.4) is 0 Å². The van der Waals surface area contributed by atoms with Crippen LogP contribution in [0, 0.1) is 0 Å². The molecule has 1 spiro atoms. The Morgan fingerprint density at radius 2 is 2.18 bits per heavy atom. The summed E-state index contributed by atoms with van der Waals surface area (Å²) in [6, 6.07) is 6.93. The number of methoxy groups -OCH3 is 1. The molecule has 120 valence electrons. The summed E-state index contributed by atoms with van der Waals surface area (Å²) in [5.41, 5.74) is 0.503. The number of hydrogen-bond donors (Lipinski definition) is 1. The lowest BCUT2D eigenvalue weighted by molar-refractivity contribution is -0.0736. The summed E-state index contributed by atoms with van der Waals surface area (Å²) in [5.74, 6) is 0.413. The number of piperidine rings is 1. The van der Waals surface area contributed by atoms with Gasteiger partial charge in [0.05, 0.1) is 24.4 Å². The smallest absolute Gasteiger partial charge is 0.338 e. The first kappa shape index (κ1) is 15.3. The van der Waals surface area contributed by atoms with Crippen molar-refractivity contribution in [2.75, 3.05) is 26.8 Å². The van der Waals surface area contributed by atoms with Gasteiger partial charge in [0.2, 0.25) is 0 Å². The van der Waals surface area contributed by atoms with Crippen LogP contribution in [0.2, 0.25) is 0 Å². The van der Waals surface area contributed by atoms with E-state index in [1.807, 2.05) is 0 Å². The van der Waals surface area contributed by atoms with E-state index >= 15 is 0 Å². The third kappa shape index (κ3) is 3.42. The lowest BCUT2D eigenvalue weighted by Crippen LogP contribution is -2.45. The molecule has 0 bridgehead atoms. The molecule has 1 aromatic carbocycles. The van der Waals surface area contributed by atoms with Gasteiger partial charge in [0, 0.05) is 6.54 Å². The normalized spacial score (nSPS) is 27.8. The van der Waals surface area contributed by atoms with Gasteiger partial charge in [0.1, 0.15) is 12.4 Å². The number of carbonyl (C=O) groups excluding carboxylic acids is 1. The quantitative estimate of drug-likeness (QED) is 0.864. The summed E-state index contributed by atoms with van der Waals surface area (Å²) in [6.45, 7) is 2.31. The van der Waals surface area contributed by atoms with E-state index in [1.54, 1.807) is 31.4 Å². The van der Waals surface area contributed by atoms with Crippen molar-refractivity contribution in [3.8, 4) is 5.75 Å². The van der Waals surface area contributed by atoms with Gasteiger partial charge >= 0.3 is 5.97 Å². The topological polar surface area (TPSA) is 56.8 Å². The zero-order chi connectivity index (χ0) is 15.4. The van der Waals surface area contributed by atoms with Crippen LogP contribution in [0.25, 0.3) is 0 Å². The highest BCUT2D eigenvalue weighted by molar-refractivity contribution is 5.89. The van der Waals surface area contributed by atoms with Gasteiger partial charge in [-0.3, -0.25) is 0 Å². The number of nitrogens with one attached hydrogen (secondary N) is 1. The lowest BCUT2D eigenvalue weighted by Gasteiger charge is -2.33. The first-order valence-electron chi connectivity index (χ1n) is 7.90. The van der Waals surface area contributed by atoms with Gasteiger partial charge in [-0.1, -0.05) is 0 Å². The Kier molecular flexibility index (Phi) is 4.64. The number of benzene rings is 1. The van der Waals surface area contributed by atoms with Crippen LogP contribution in [0.4, 0.5) is 0 Å². The zero-order valence-electron chi connectivity index (χ0n) is 13.0. The van der Waals surface area contributed by atoms with Crippen molar-refractivity contribution >= 4 is 5.97 Å². The maximum Gasteiger partial charge on any atom is 0.338 e. The highest BCUT2D eigenvalue weighted by Crippen LogP contribution is 2.35. The maximum absolute atomic E-state index is 12.0. The maximum atomic E-state index is 12.0. The molecule has 0 amide bonds. The van der Waals surface area contributed by atoms with Gasteiger partial charge in [-0.05, 0) is 56.5 Å². The minimum absolute atomic E-state index is 0.0158. The Bertz CT molecular complexity index is 508. The van der Waals surface area contributed by atoms with Crippen LogP contribution in [-0.4, -0.2) is 44.5 Å². The zero-order valence-corrected chi connectivity index (χ0v) is 13.0. The van der Waals surface area contributed by atoms with Crippen LogP contribution in [0.15, 0.2) is 24.3 Å². The molecule has 0 unspecified atom stereocenters. The van der Waals surface area contributed by atoms with E-state index < -0.39 is 0 Å². The molecule has 5 heteroatoms. The minimum Gasteiger partial charge on any atom is -0.497 e. The van der Waals surface area contributed by atoms with Crippen molar-refractivity contribution in [1.29, 1.82) is 0 Å². The standard InChI is InChI=1S/C17H23NO4/c1-20-14-5-3-13(4-6-14)16(19)21-11-15-7-9-17(22-15)8-2-10-18-12-17/h3-6,15,18H,2,7-12H2,1H3/t15-,17-/m1/s1. The third-order valence-corrected chi connectivity index (χ3v) is 4.50. The van der Waals surface area contributed by atoms with Crippen LogP contribution < -0.4 is 10.1 Å². The van der Waals surface area contributed by atoms with Gasteiger partial charge in [-0.2, -0.15) is 0 Å². The second kappa shape index (κ2) is 6.67. The molecule has 0 aromatic heterocycles. The fraction of sp³-hybridized carbons (Fsp3) is 0.588. The molecule has 0 radical (unpaired) electrons. The number of carbonyl (C=O) groups is 1. The largest absolute Gasteiger partial charge is 0.497 e. The van der Waals surface area contributed by atoms with Gasteiger partial charge < -0.3 is 19.5 Å². The monoisotopic (exact) mass is 305 g/mol. The van der Waals surface area contributed by atoms with Crippen LogP contribution in [-0.2, 0) is 9.47 Å². The molecule has 2 heterocycles. The second-order valence-corrected chi connectivity index (χ2v) is 6.07. The van der Waals surface area contributed by atoms with E-state index in [0.717, 1.165) is 44.5 Å². The van der Waals surface area contributed by atoms with Crippen LogP contribution in [0.5, 0.6) is 5.75 Å². The molecular formula is C17H23NO4. The molecule has 2 saturated heterocycles. The van der Waals surface area contributed by atoms with E-state index in [0.29, 0.717) is 12.2 Å². The molecular weight excluding hydrogens is 282 g/mol. The summed E-state index contributed by atoms with van der Waals surface area (Å²) in [6.07, 6.45) is 4.27. The average Bonchev–Trinajstić information content (AvgIpc) is 2.96. The Morgan fingerprint density at radius 1 is 1.36 bits per heavy atom. The molecule has 0 saturated carbocycles. The first-order chi connectivity index (χ1) is 10.7. The van der Waals surface area contributed by atoms with Crippen LogP contribution >= 0.6 is 0 Å². The second-order valence-electron chi connectivity index (χ2n) is 6.07. The van der Waals surface area contributed by atoms with Gasteiger partial charge in [0.25, 0.3) is 0 Å². The van der Waals surface area contributed by atoms with Crippen molar-refractivity contribution in [3.63, 3.8) is 0 Å². The SMILES string of the molecule is COc1ccc(C(=O)OC[C@H]2CC[C@@]3(CCCNC3)O2)cc1. The van der Waals surface area contributed by atoms with Gasteiger partial charge in [-0.15, -0.1) is 0 Å². The van der Waals surface area contributed by atoms with Crippen molar-refractivity contribution in [1.82, 2.24) is 5.32 Å². The molecule has 2 atom stereocenters. The van der Waals surface area contributed by atoms with Crippen molar-refractivity contribution in [2.24, 2.45) is 0 Å². The fourth-order valence-electron chi connectivity index (χ4n) is 3.25.